The van der Waals surface area contributed by atoms with Gasteiger partial charge >= 0.3 is 0 Å². The van der Waals surface area contributed by atoms with Crippen LogP contribution in [-0.4, -0.2) is 50.2 Å². The van der Waals surface area contributed by atoms with Crippen molar-refractivity contribution in [2.45, 2.75) is 50.5 Å². The minimum absolute atomic E-state index is 0.174. The Bertz CT molecular complexity index is 1480. The fourth-order valence-electron chi connectivity index (χ4n) is 5.33. The molecule has 1 saturated heterocycles. The highest BCUT2D eigenvalue weighted by molar-refractivity contribution is 7.89. The summed E-state index contributed by atoms with van der Waals surface area (Å²) >= 11 is 0. The van der Waals surface area contributed by atoms with Gasteiger partial charge in [-0.15, -0.1) is 0 Å². The largest absolute Gasteiger partial charge is 0.354 e. The van der Waals surface area contributed by atoms with Crippen LogP contribution in [0.1, 0.15) is 55.7 Å². The van der Waals surface area contributed by atoms with Crippen molar-refractivity contribution in [1.29, 1.82) is 0 Å². The van der Waals surface area contributed by atoms with Crippen LogP contribution in [0.2, 0.25) is 0 Å². The molecule has 1 fully saturated rings. The summed E-state index contributed by atoms with van der Waals surface area (Å²) in [6, 6.07) is 22.9. The molecule has 2 aliphatic rings. The minimum Gasteiger partial charge on any atom is -0.354 e. The summed E-state index contributed by atoms with van der Waals surface area (Å²) in [6.45, 7) is 5.70. The van der Waals surface area contributed by atoms with E-state index in [9.17, 15) is 13.2 Å². The topological polar surface area (TPSA) is 81.8 Å². The zero-order valence-corrected chi connectivity index (χ0v) is 24.1. The number of amides is 1. The van der Waals surface area contributed by atoms with Gasteiger partial charge in [0.05, 0.1) is 16.2 Å². The maximum Gasteiger partial charge on any atom is 0.258 e. The molecule has 40 heavy (non-hydrogen) atoms. The number of hydrogen-bond donors (Lipinski definition) is 2. The number of nitrogens with one attached hydrogen (secondary N) is 2. The third kappa shape index (κ3) is 6.14. The second-order valence-electron chi connectivity index (χ2n) is 10.6. The SMILES string of the molecule is CCCCN(C)S(=O)(=O)c1ccc2c(c1)C(=C(Nc1ccc(CN3CCCCC3)cc1)c1ccccc1)C(=O)N2. The van der Waals surface area contributed by atoms with Crippen LogP contribution in [-0.2, 0) is 21.4 Å². The van der Waals surface area contributed by atoms with Crippen LogP contribution in [0.4, 0.5) is 11.4 Å². The molecule has 0 radical (unpaired) electrons. The third-order valence-electron chi connectivity index (χ3n) is 7.66. The lowest BCUT2D eigenvalue weighted by Crippen LogP contribution is -2.29. The molecule has 2 heterocycles. The van der Waals surface area contributed by atoms with Gasteiger partial charge in [0.2, 0.25) is 10.0 Å². The smallest absolute Gasteiger partial charge is 0.258 e. The summed E-state index contributed by atoms with van der Waals surface area (Å²) in [5, 5.41) is 6.42. The molecule has 2 aliphatic heterocycles. The Labute approximate surface area is 237 Å². The van der Waals surface area contributed by atoms with Gasteiger partial charge in [-0.3, -0.25) is 9.69 Å². The molecule has 0 aromatic heterocycles. The fraction of sp³-hybridized carbons (Fsp3) is 0.344. The third-order valence-corrected chi connectivity index (χ3v) is 9.51. The number of anilines is 2. The van der Waals surface area contributed by atoms with E-state index < -0.39 is 10.0 Å². The van der Waals surface area contributed by atoms with Crippen LogP contribution in [0.3, 0.4) is 0 Å². The summed E-state index contributed by atoms with van der Waals surface area (Å²) in [4.78, 5) is 16.0. The number of carbonyl (C=O) groups excluding carboxylic acids is 1. The van der Waals surface area contributed by atoms with Gasteiger partial charge in [-0.1, -0.05) is 62.2 Å². The molecular formula is C32H38N4O3S. The van der Waals surface area contributed by atoms with Crippen LogP contribution in [0, 0.1) is 0 Å². The number of likely N-dealkylation sites (tertiary alicyclic amines) is 1. The van der Waals surface area contributed by atoms with E-state index in [1.807, 2.05) is 49.4 Å². The van der Waals surface area contributed by atoms with E-state index in [0.29, 0.717) is 29.1 Å². The monoisotopic (exact) mass is 558 g/mol. The Morgan fingerprint density at radius 1 is 0.975 bits per heavy atom. The van der Waals surface area contributed by atoms with Crippen LogP contribution in [0.5, 0.6) is 0 Å². The van der Waals surface area contributed by atoms with Crippen molar-refractivity contribution in [1.82, 2.24) is 9.21 Å². The normalized spacial score (nSPS) is 17.0. The molecule has 2 N–H and O–H groups in total. The molecule has 1 amide bonds. The van der Waals surface area contributed by atoms with Crippen molar-refractivity contribution in [2.75, 3.05) is 37.3 Å². The average Bonchev–Trinajstić information content (AvgIpc) is 3.31. The van der Waals surface area contributed by atoms with Crippen LogP contribution >= 0.6 is 0 Å². The Balaban J connectivity index is 1.50. The summed E-state index contributed by atoms with van der Waals surface area (Å²) in [5.74, 6) is -0.267. The molecule has 7 nitrogen and oxygen atoms in total. The van der Waals surface area contributed by atoms with Crippen molar-refractivity contribution >= 4 is 38.6 Å². The van der Waals surface area contributed by atoms with Gasteiger partial charge in [0.1, 0.15) is 0 Å². The van der Waals surface area contributed by atoms with E-state index in [2.05, 4.69) is 27.7 Å². The van der Waals surface area contributed by atoms with E-state index in [1.165, 1.54) is 29.1 Å². The second-order valence-corrected chi connectivity index (χ2v) is 12.7. The number of hydrogen-bond acceptors (Lipinski definition) is 5. The van der Waals surface area contributed by atoms with Gasteiger partial charge in [-0.05, 0) is 73.8 Å². The molecule has 210 valence electrons. The number of unbranched alkanes of at least 4 members (excludes halogenated alkanes) is 1. The van der Waals surface area contributed by atoms with E-state index in [4.69, 9.17) is 0 Å². The standard InChI is InChI=1S/C32H38N4O3S/c1-3-4-19-35(2)40(38,39)27-17-18-29-28(22-27)30(32(37)34-29)31(25-11-7-5-8-12-25)33-26-15-13-24(14-16-26)23-36-20-9-6-10-21-36/h5,7-8,11-18,22,33H,3-4,6,9-10,19-21,23H2,1-2H3,(H,34,37). The molecule has 3 aromatic carbocycles. The Hall–Kier alpha value is -3.46. The first-order valence-corrected chi connectivity index (χ1v) is 15.6. The number of nitrogens with zero attached hydrogens (tertiary/aromatic N) is 2. The number of carbonyl (C=O) groups is 1. The van der Waals surface area contributed by atoms with Gasteiger partial charge in [0.25, 0.3) is 5.91 Å². The molecule has 0 aliphatic carbocycles. The fourth-order valence-corrected chi connectivity index (χ4v) is 6.57. The second kappa shape index (κ2) is 12.4. The molecule has 0 unspecified atom stereocenters. The van der Waals surface area contributed by atoms with E-state index >= 15 is 0 Å². The van der Waals surface area contributed by atoms with Crippen molar-refractivity contribution in [3.63, 3.8) is 0 Å². The van der Waals surface area contributed by atoms with E-state index in [0.717, 1.165) is 43.7 Å². The quantitative estimate of drug-likeness (QED) is 0.297. The highest BCUT2D eigenvalue weighted by Crippen LogP contribution is 2.39. The van der Waals surface area contributed by atoms with Crippen molar-refractivity contribution in [3.8, 4) is 0 Å². The zero-order valence-electron chi connectivity index (χ0n) is 23.3. The molecule has 0 spiro atoms. The molecular weight excluding hydrogens is 520 g/mol. The van der Waals surface area contributed by atoms with Gasteiger partial charge < -0.3 is 10.6 Å². The average molecular weight is 559 g/mol. The highest BCUT2D eigenvalue weighted by atomic mass is 32.2. The highest BCUT2D eigenvalue weighted by Gasteiger charge is 2.31. The van der Waals surface area contributed by atoms with Crippen molar-refractivity contribution in [3.05, 3.63) is 89.5 Å². The lowest BCUT2D eigenvalue weighted by molar-refractivity contribution is -0.110. The van der Waals surface area contributed by atoms with E-state index in [-0.39, 0.29) is 10.8 Å². The van der Waals surface area contributed by atoms with Gasteiger partial charge in [-0.2, -0.15) is 0 Å². The van der Waals surface area contributed by atoms with Crippen LogP contribution < -0.4 is 10.6 Å². The lowest BCUT2D eigenvalue weighted by Gasteiger charge is -2.26. The first-order valence-electron chi connectivity index (χ1n) is 14.2. The lowest BCUT2D eigenvalue weighted by atomic mass is 10.00. The summed E-state index contributed by atoms with van der Waals surface area (Å²) < 4.78 is 28.0. The summed E-state index contributed by atoms with van der Waals surface area (Å²) in [5.41, 5.74) is 5.18. The van der Waals surface area contributed by atoms with Crippen molar-refractivity contribution < 1.29 is 13.2 Å². The van der Waals surface area contributed by atoms with E-state index in [1.54, 1.807) is 25.2 Å². The van der Waals surface area contributed by atoms with Gasteiger partial charge in [0.15, 0.2) is 0 Å². The Morgan fingerprint density at radius 3 is 2.40 bits per heavy atom. The number of piperidine rings is 1. The maximum absolute atomic E-state index is 13.4. The minimum atomic E-state index is -3.69. The first-order chi connectivity index (χ1) is 19.4. The summed E-state index contributed by atoms with van der Waals surface area (Å²) in [6.07, 6.45) is 5.52. The molecule has 3 aromatic rings. The molecule has 0 bridgehead atoms. The van der Waals surface area contributed by atoms with Crippen LogP contribution in [0.15, 0.2) is 77.7 Å². The number of benzene rings is 3. The molecule has 0 atom stereocenters. The van der Waals surface area contributed by atoms with Gasteiger partial charge in [-0.25, -0.2) is 12.7 Å². The number of sulfonamides is 1. The zero-order chi connectivity index (χ0) is 28.1. The molecule has 8 heteroatoms. The Morgan fingerprint density at radius 2 is 1.70 bits per heavy atom. The van der Waals surface area contributed by atoms with Gasteiger partial charge in [0, 0.05) is 37.1 Å². The Kier molecular flexibility index (Phi) is 8.69. The summed E-state index contributed by atoms with van der Waals surface area (Å²) in [7, 11) is -2.09. The number of rotatable bonds is 10. The predicted octanol–water partition coefficient (Wildman–Crippen LogP) is 6.03. The maximum atomic E-state index is 13.4. The first kappa shape index (κ1) is 28.1. The van der Waals surface area contributed by atoms with Crippen LogP contribution in [0.25, 0.3) is 11.3 Å². The van der Waals surface area contributed by atoms with Crippen molar-refractivity contribution in [2.24, 2.45) is 0 Å². The predicted molar refractivity (Wildman–Crippen MR) is 162 cm³/mol. The molecule has 0 saturated carbocycles. The molecule has 5 rings (SSSR count). The number of fused-ring (bicyclic) bond motifs is 1.